The van der Waals surface area contributed by atoms with Gasteiger partial charge >= 0.3 is 0 Å². The van der Waals surface area contributed by atoms with Gasteiger partial charge in [0.1, 0.15) is 12.1 Å². The summed E-state index contributed by atoms with van der Waals surface area (Å²) in [6.07, 6.45) is 1.53. The number of aromatic nitrogens is 4. The van der Waals surface area contributed by atoms with Crippen LogP contribution < -0.4 is 4.90 Å². The highest BCUT2D eigenvalue weighted by Crippen LogP contribution is 2.31. The number of methoxy groups -OCH3 is 1. The van der Waals surface area contributed by atoms with Crippen molar-refractivity contribution in [3.63, 3.8) is 0 Å². The molecule has 1 aliphatic rings. The van der Waals surface area contributed by atoms with Crippen LogP contribution in [-0.4, -0.2) is 51.0 Å². The van der Waals surface area contributed by atoms with Gasteiger partial charge in [0.2, 0.25) is 0 Å². The van der Waals surface area contributed by atoms with Gasteiger partial charge in [-0.25, -0.2) is 4.98 Å². The molecule has 1 fully saturated rings. The highest BCUT2D eigenvalue weighted by molar-refractivity contribution is 5.48. The van der Waals surface area contributed by atoms with E-state index >= 15 is 0 Å². The maximum absolute atomic E-state index is 6.16. The van der Waals surface area contributed by atoms with Crippen molar-refractivity contribution in [1.29, 1.82) is 0 Å². The summed E-state index contributed by atoms with van der Waals surface area (Å²) in [6.45, 7) is 10.4. The second kappa shape index (κ2) is 5.17. The quantitative estimate of drug-likeness (QED) is 0.859. The van der Waals surface area contributed by atoms with Gasteiger partial charge in [0.05, 0.1) is 23.5 Å². The average molecular weight is 305 g/mol. The third kappa shape index (κ3) is 2.91. The van der Waals surface area contributed by atoms with Gasteiger partial charge in [-0.1, -0.05) is 0 Å². The second-order valence-corrected chi connectivity index (χ2v) is 6.99. The van der Waals surface area contributed by atoms with Crippen molar-refractivity contribution >= 4 is 11.6 Å². The first kappa shape index (κ1) is 15.2. The van der Waals surface area contributed by atoms with E-state index in [9.17, 15) is 0 Å². The summed E-state index contributed by atoms with van der Waals surface area (Å²) < 4.78 is 13.1. The summed E-state index contributed by atoms with van der Waals surface area (Å²) in [5, 5.41) is 4.31. The van der Waals surface area contributed by atoms with E-state index in [-0.39, 0.29) is 11.2 Å². The molecule has 0 aromatic carbocycles. The molecule has 22 heavy (non-hydrogen) atoms. The Morgan fingerprint density at radius 3 is 2.55 bits per heavy atom. The Morgan fingerprint density at radius 2 is 1.91 bits per heavy atom. The first-order valence-electron chi connectivity index (χ1n) is 7.43. The van der Waals surface area contributed by atoms with Crippen LogP contribution in [0, 0.1) is 0 Å². The van der Waals surface area contributed by atoms with Crippen molar-refractivity contribution in [2.75, 3.05) is 25.1 Å². The summed E-state index contributed by atoms with van der Waals surface area (Å²) in [4.78, 5) is 11.0. The zero-order valence-corrected chi connectivity index (χ0v) is 13.8. The third-order valence-corrected chi connectivity index (χ3v) is 3.60. The van der Waals surface area contributed by atoms with Crippen molar-refractivity contribution in [2.45, 2.75) is 45.5 Å². The molecule has 1 aliphatic heterocycles. The van der Waals surface area contributed by atoms with Crippen LogP contribution in [0.3, 0.4) is 0 Å². The minimum atomic E-state index is -0.237. The van der Waals surface area contributed by atoms with E-state index in [4.69, 9.17) is 9.47 Å². The Balaban J connectivity index is 2.06. The number of anilines is 1. The Kier molecular flexibility index (Phi) is 3.57. The van der Waals surface area contributed by atoms with Crippen LogP contribution in [0.1, 0.15) is 33.4 Å². The smallest absolute Gasteiger partial charge is 0.254 e. The van der Waals surface area contributed by atoms with Crippen molar-refractivity contribution in [1.82, 2.24) is 19.6 Å². The van der Waals surface area contributed by atoms with Crippen LogP contribution >= 0.6 is 0 Å². The molecule has 0 saturated carbocycles. The monoisotopic (exact) mass is 305 g/mol. The zero-order chi connectivity index (χ0) is 16.0. The predicted octanol–water partition coefficient (Wildman–Crippen LogP) is 1.66. The highest BCUT2D eigenvalue weighted by atomic mass is 16.5. The van der Waals surface area contributed by atoms with Gasteiger partial charge in [-0.2, -0.15) is 14.6 Å². The maximum atomic E-state index is 6.16. The molecule has 2 aromatic heterocycles. The largest absolute Gasteiger partial charge is 0.378 e. The van der Waals surface area contributed by atoms with E-state index in [1.54, 1.807) is 11.6 Å². The van der Waals surface area contributed by atoms with Gasteiger partial charge in [-0.15, -0.1) is 0 Å². The van der Waals surface area contributed by atoms with Crippen LogP contribution in [-0.2, 0) is 16.1 Å². The molecular formula is C15H23N5O2. The molecule has 0 N–H and O–H groups in total. The lowest BCUT2D eigenvalue weighted by molar-refractivity contribution is -0.133. The van der Waals surface area contributed by atoms with E-state index in [1.165, 1.54) is 6.33 Å². The number of fused-ring (bicyclic) bond motifs is 1. The lowest BCUT2D eigenvalue weighted by Gasteiger charge is -2.47. The van der Waals surface area contributed by atoms with Crippen LogP contribution in [0.15, 0.2) is 12.4 Å². The lowest BCUT2D eigenvalue weighted by atomic mass is 9.99. The second-order valence-electron chi connectivity index (χ2n) is 6.99. The summed E-state index contributed by atoms with van der Waals surface area (Å²) in [5.41, 5.74) is 0.374. The molecule has 0 bridgehead atoms. The lowest BCUT2D eigenvalue weighted by Crippen LogP contribution is -2.57. The molecule has 0 spiro atoms. The molecule has 0 amide bonds. The van der Waals surface area contributed by atoms with E-state index < -0.39 is 0 Å². The van der Waals surface area contributed by atoms with E-state index in [0.717, 1.165) is 24.6 Å². The molecule has 0 unspecified atom stereocenters. The normalized spacial score (nSPS) is 20.5. The molecule has 3 heterocycles. The Morgan fingerprint density at radius 1 is 1.23 bits per heavy atom. The molecule has 0 radical (unpaired) electrons. The molecule has 0 atom stereocenters. The van der Waals surface area contributed by atoms with E-state index in [1.807, 2.05) is 6.07 Å². The predicted molar refractivity (Wildman–Crippen MR) is 83.0 cm³/mol. The van der Waals surface area contributed by atoms with Gasteiger partial charge in [0.15, 0.2) is 0 Å². The zero-order valence-electron chi connectivity index (χ0n) is 13.8. The Bertz CT molecular complexity index is 664. The van der Waals surface area contributed by atoms with E-state index in [0.29, 0.717) is 12.4 Å². The van der Waals surface area contributed by atoms with Gasteiger partial charge in [0, 0.05) is 26.3 Å². The fourth-order valence-corrected chi connectivity index (χ4v) is 3.24. The van der Waals surface area contributed by atoms with Gasteiger partial charge in [-0.3, -0.25) is 0 Å². The average Bonchev–Trinajstić information content (AvgIpc) is 2.82. The summed E-state index contributed by atoms with van der Waals surface area (Å²) >= 11 is 0. The maximum Gasteiger partial charge on any atom is 0.254 e. The van der Waals surface area contributed by atoms with Crippen LogP contribution in [0.25, 0.3) is 5.78 Å². The topological polar surface area (TPSA) is 64.8 Å². The number of rotatable bonds is 3. The number of morpholine rings is 1. The molecule has 0 aliphatic carbocycles. The molecule has 7 nitrogen and oxygen atoms in total. The fourth-order valence-electron chi connectivity index (χ4n) is 3.24. The van der Waals surface area contributed by atoms with Crippen molar-refractivity contribution < 1.29 is 9.47 Å². The molecule has 2 aromatic rings. The number of hydrogen-bond acceptors (Lipinski definition) is 6. The summed E-state index contributed by atoms with van der Waals surface area (Å²) in [7, 11) is 1.66. The highest BCUT2D eigenvalue weighted by Gasteiger charge is 2.39. The van der Waals surface area contributed by atoms with Gasteiger partial charge in [0.25, 0.3) is 5.78 Å². The van der Waals surface area contributed by atoms with Gasteiger partial charge in [-0.05, 0) is 27.7 Å². The first-order valence-corrected chi connectivity index (χ1v) is 7.43. The molecule has 120 valence electrons. The minimum absolute atomic E-state index is 0.237. The van der Waals surface area contributed by atoms with E-state index in [2.05, 4.69) is 47.7 Å². The van der Waals surface area contributed by atoms with Crippen LogP contribution in [0.2, 0.25) is 0 Å². The third-order valence-electron chi connectivity index (χ3n) is 3.60. The van der Waals surface area contributed by atoms with Crippen LogP contribution in [0.4, 0.5) is 5.82 Å². The first-order chi connectivity index (χ1) is 10.3. The number of hydrogen-bond donors (Lipinski definition) is 0. The van der Waals surface area contributed by atoms with Crippen molar-refractivity contribution in [3.8, 4) is 0 Å². The number of ether oxygens (including phenoxy) is 2. The van der Waals surface area contributed by atoms with Crippen molar-refractivity contribution in [3.05, 3.63) is 18.1 Å². The standard InChI is InChI=1S/C15H23N5O2/c1-14(2)8-19(9-15(3,4)22-14)12-6-11(7-21-5)18-13-16-10-17-20(12)13/h6,10H,7-9H2,1-5H3. The summed E-state index contributed by atoms with van der Waals surface area (Å²) in [5.74, 6) is 1.56. The SMILES string of the molecule is COCc1cc(N2CC(C)(C)OC(C)(C)C2)n2ncnc2n1. The Hall–Kier alpha value is -1.73. The molecule has 1 saturated heterocycles. The molecule has 7 heteroatoms. The van der Waals surface area contributed by atoms with Crippen LogP contribution in [0.5, 0.6) is 0 Å². The number of nitrogens with zero attached hydrogens (tertiary/aromatic N) is 5. The van der Waals surface area contributed by atoms with Crippen molar-refractivity contribution in [2.24, 2.45) is 0 Å². The Labute approximate surface area is 130 Å². The molecule has 3 rings (SSSR count). The van der Waals surface area contributed by atoms with Gasteiger partial charge < -0.3 is 14.4 Å². The summed E-state index contributed by atoms with van der Waals surface area (Å²) in [6, 6.07) is 2.02. The molecular weight excluding hydrogens is 282 g/mol. The fraction of sp³-hybridized carbons (Fsp3) is 0.667. The minimum Gasteiger partial charge on any atom is -0.378 e.